The van der Waals surface area contributed by atoms with E-state index in [1.807, 2.05) is 6.92 Å². The third-order valence-electron chi connectivity index (χ3n) is 3.14. The largest absolute Gasteiger partial charge is 0.293 e. The minimum absolute atomic E-state index is 0.148. The molecule has 2 nitrogen and oxygen atoms in total. The van der Waals surface area contributed by atoms with Gasteiger partial charge in [0.2, 0.25) is 0 Å². The molecule has 94 valence electrons. The summed E-state index contributed by atoms with van der Waals surface area (Å²) >= 11 is 0. The first-order valence-electron chi connectivity index (χ1n) is 6.11. The second-order valence-electron chi connectivity index (χ2n) is 4.22. The van der Waals surface area contributed by atoms with Crippen LogP contribution >= 0.6 is 0 Å². The van der Waals surface area contributed by atoms with E-state index in [-0.39, 0.29) is 17.9 Å². The molecule has 0 fully saturated rings. The van der Waals surface area contributed by atoms with Crippen molar-refractivity contribution >= 4 is 5.78 Å². The highest BCUT2D eigenvalue weighted by Gasteiger charge is 2.17. The SMILES string of the molecule is CCC(C)N(CC)CC(=O)c1ccccc1F. The first-order chi connectivity index (χ1) is 8.10. The number of halogens is 1. The van der Waals surface area contributed by atoms with Gasteiger partial charge in [-0.3, -0.25) is 9.69 Å². The van der Waals surface area contributed by atoms with E-state index in [1.165, 1.54) is 6.07 Å². The Kier molecular flexibility index (Phi) is 5.29. The zero-order valence-electron chi connectivity index (χ0n) is 10.7. The number of ketones is 1. The molecule has 0 heterocycles. The standard InChI is InChI=1S/C14H20FNO/c1-4-11(3)16(5-2)10-14(17)12-8-6-7-9-13(12)15/h6-9,11H,4-5,10H2,1-3H3. The molecule has 0 aliphatic carbocycles. The summed E-state index contributed by atoms with van der Waals surface area (Å²) in [7, 11) is 0. The topological polar surface area (TPSA) is 20.3 Å². The molecule has 0 radical (unpaired) electrons. The number of hydrogen-bond donors (Lipinski definition) is 0. The van der Waals surface area contributed by atoms with Gasteiger partial charge in [-0.05, 0) is 32.0 Å². The van der Waals surface area contributed by atoms with E-state index in [0.717, 1.165) is 13.0 Å². The fraction of sp³-hybridized carbons (Fsp3) is 0.500. The molecule has 0 aliphatic heterocycles. The fourth-order valence-electron chi connectivity index (χ4n) is 1.79. The van der Waals surface area contributed by atoms with Crippen LogP contribution in [0.5, 0.6) is 0 Å². The zero-order chi connectivity index (χ0) is 12.8. The van der Waals surface area contributed by atoms with Crippen LogP contribution in [0.2, 0.25) is 0 Å². The van der Waals surface area contributed by atoms with Crippen LogP contribution in [0, 0.1) is 5.82 Å². The van der Waals surface area contributed by atoms with Crippen LogP contribution in [0.25, 0.3) is 0 Å². The van der Waals surface area contributed by atoms with E-state index in [1.54, 1.807) is 18.2 Å². The highest BCUT2D eigenvalue weighted by molar-refractivity contribution is 5.97. The van der Waals surface area contributed by atoms with Crippen LogP contribution in [0.3, 0.4) is 0 Å². The number of nitrogens with zero attached hydrogens (tertiary/aromatic N) is 1. The Morgan fingerprint density at radius 3 is 2.53 bits per heavy atom. The van der Waals surface area contributed by atoms with Crippen molar-refractivity contribution in [3.05, 3.63) is 35.6 Å². The predicted octanol–water partition coefficient (Wildman–Crippen LogP) is 3.13. The molecule has 0 N–H and O–H groups in total. The van der Waals surface area contributed by atoms with Crippen molar-refractivity contribution in [2.75, 3.05) is 13.1 Å². The van der Waals surface area contributed by atoms with E-state index >= 15 is 0 Å². The molecule has 0 amide bonds. The van der Waals surface area contributed by atoms with Gasteiger partial charge in [0.1, 0.15) is 5.82 Å². The van der Waals surface area contributed by atoms with Crippen molar-refractivity contribution in [2.45, 2.75) is 33.2 Å². The minimum atomic E-state index is -0.433. The summed E-state index contributed by atoms with van der Waals surface area (Å²) in [6, 6.07) is 6.50. The summed E-state index contributed by atoms with van der Waals surface area (Å²) in [5, 5.41) is 0. The van der Waals surface area contributed by atoms with Crippen LogP contribution in [-0.4, -0.2) is 29.8 Å². The molecule has 0 bridgehead atoms. The van der Waals surface area contributed by atoms with Gasteiger partial charge < -0.3 is 0 Å². The van der Waals surface area contributed by atoms with E-state index in [9.17, 15) is 9.18 Å². The maximum absolute atomic E-state index is 13.4. The first kappa shape index (κ1) is 13.8. The Bertz CT molecular complexity index is 378. The van der Waals surface area contributed by atoms with Crippen LogP contribution in [0.15, 0.2) is 24.3 Å². The van der Waals surface area contributed by atoms with Crippen LogP contribution < -0.4 is 0 Å². The summed E-state index contributed by atoms with van der Waals surface area (Å²) in [4.78, 5) is 14.0. The predicted molar refractivity (Wildman–Crippen MR) is 67.7 cm³/mol. The average Bonchev–Trinajstić information content (AvgIpc) is 2.35. The number of Topliss-reactive ketones (excluding diaryl/α,β-unsaturated/α-hetero) is 1. The van der Waals surface area contributed by atoms with Gasteiger partial charge >= 0.3 is 0 Å². The Morgan fingerprint density at radius 2 is 2.00 bits per heavy atom. The van der Waals surface area contributed by atoms with Gasteiger partial charge in [-0.1, -0.05) is 26.0 Å². The molecule has 1 unspecified atom stereocenters. The third-order valence-corrected chi connectivity index (χ3v) is 3.14. The summed E-state index contributed by atoms with van der Waals surface area (Å²) in [5.41, 5.74) is 0.189. The second-order valence-corrected chi connectivity index (χ2v) is 4.22. The Labute approximate surface area is 102 Å². The van der Waals surface area contributed by atoms with Crippen LogP contribution in [0.4, 0.5) is 4.39 Å². The number of likely N-dealkylation sites (N-methyl/N-ethyl adjacent to an activating group) is 1. The quantitative estimate of drug-likeness (QED) is 0.708. The first-order valence-corrected chi connectivity index (χ1v) is 6.11. The number of rotatable bonds is 6. The lowest BCUT2D eigenvalue weighted by Gasteiger charge is -2.26. The molecule has 17 heavy (non-hydrogen) atoms. The molecule has 0 spiro atoms. The smallest absolute Gasteiger partial charge is 0.179 e. The second kappa shape index (κ2) is 6.50. The van der Waals surface area contributed by atoms with Crippen molar-refractivity contribution in [2.24, 2.45) is 0 Å². The monoisotopic (exact) mass is 237 g/mol. The molecular weight excluding hydrogens is 217 g/mol. The van der Waals surface area contributed by atoms with Gasteiger partial charge in [0.05, 0.1) is 12.1 Å². The maximum Gasteiger partial charge on any atom is 0.179 e. The van der Waals surface area contributed by atoms with Gasteiger partial charge in [0, 0.05) is 6.04 Å². The molecule has 1 aromatic carbocycles. The third kappa shape index (κ3) is 3.63. The van der Waals surface area contributed by atoms with Gasteiger partial charge in [-0.15, -0.1) is 0 Å². The number of carbonyl (C=O) groups excluding carboxylic acids is 1. The minimum Gasteiger partial charge on any atom is -0.293 e. The van der Waals surface area contributed by atoms with E-state index in [2.05, 4.69) is 18.7 Å². The normalized spacial score (nSPS) is 12.8. The Morgan fingerprint density at radius 1 is 1.35 bits per heavy atom. The Hall–Kier alpha value is -1.22. The molecule has 1 atom stereocenters. The Balaban J connectivity index is 2.75. The average molecular weight is 237 g/mol. The molecule has 1 rings (SSSR count). The maximum atomic E-state index is 13.4. The van der Waals surface area contributed by atoms with Crippen LogP contribution in [0.1, 0.15) is 37.6 Å². The van der Waals surface area contributed by atoms with Crippen molar-refractivity contribution in [3.8, 4) is 0 Å². The van der Waals surface area contributed by atoms with Gasteiger partial charge in [0.15, 0.2) is 5.78 Å². The molecule has 0 saturated carbocycles. The lowest BCUT2D eigenvalue weighted by Crippen LogP contribution is -2.37. The lowest BCUT2D eigenvalue weighted by atomic mass is 10.1. The van der Waals surface area contributed by atoms with Crippen molar-refractivity contribution in [3.63, 3.8) is 0 Å². The molecule has 1 aromatic rings. The number of carbonyl (C=O) groups is 1. The van der Waals surface area contributed by atoms with Crippen molar-refractivity contribution in [1.29, 1.82) is 0 Å². The fourth-order valence-corrected chi connectivity index (χ4v) is 1.79. The van der Waals surface area contributed by atoms with E-state index < -0.39 is 5.82 Å². The highest BCUT2D eigenvalue weighted by Crippen LogP contribution is 2.10. The summed E-state index contributed by atoms with van der Waals surface area (Å²) in [6.07, 6.45) is 0.985. The molecule has 0 aromatic heterocycles. The van der Waals surface area contributed by atoms with E-state index in [0.29, 0.717) is 6.04 Å². The van der Waals surface area contributed by atoms with E-state index in [4.69, 9.17) is 0 Å². The molecule has 3 heteroatoms. The van der Waals surface area contributed by atoms with Crippen molar-refractivity contribution < 1.29 is 9.18 Å². The molecular formula is C14H20FNO. The lowest BCUT2D eigenvalue weighted by molar-refractivity contribution is 0.0898. The molecule has 0 aliphatic rings. The molecule has 0 saturated heterocycles. The van der Waals surface area contributed by atoms with Crippen molar-refractivity contribution in [1.82, 2.24) is 4.90 Å². The zero-order valence-corrected chi connectivity index (χ0v) is 10.7. The summed E-state index contributed by atoms with van der Waals surface area (Å²) in [6.45, 7) is 7.27. The summed E-state index contributed by atoms with van der Waals surface area (Å²) < 4.78 is 13.4. The van der Waals surface area contributed by atoms with Gasteiger partial charge in [0.25, 0.3) is 0 Å². The van der Waals surface area contributed by atoms with Crippen LogP contribution in [-0.2, 0) is 0 Å². The van der Waals surface area contributed by atoms with Gasteiger partial charge in [-0.25, -0.2) is 4.39 Å². The van der Waals surface area contributed by atoms with Gasteiger partial charge in [-0.2, -0.15) is 0 Å². The highest BCUT2D eigenvalue weighted by atomic mass is 19.1. The summed E-state index contributed by atoms with van der Waals surface area (Å²) in [5.74, 6) is -0.581. The number of hydrogen-bond acceptors (Lipinski definition) is 2. The number of benzene rings is 1.